The number of halogens is 1. The summed E-state index contributed by atoms with van der Waals surface area (Å²) in [5.41, 5.74) is 0.825. The number of carbonyl (C=O) groups is 1. The van der Waals surface area contributed by atoms with Crippen molar-refractivity contribution in [2.24, 2.45) is 0 Å². The summed E-state index contributed by atoms with van der Waals surface area (Å²) in [4.78, 5) is 24.0. The van der Waals surface area contributed by atoms with E-state index < -0.39 is 4.92 Å². The van der Waals surface area contributed by atoms with Gasteiger partial charge in [-0.1, -0.05) is 40.2 Å². The van der Waals surface area contributed by atoms with Crippen molar-refractivity contribution in [1.29, 1.82) is 0 Å². The van der Waals surface area contributed by atoms with E-state index in [0.29, 0.717) is 6.54 Å². The number of hydrogen-bond acceptors (Lipinski definition) is 4. The van der Waals surface area contributed by atoms with E-state index in [4.69, 9.17) is 4.74 Å². The Morgan fingerprint density at radius 2 is 1.87 bits per heavy atom. The van der Waals surface area contributed by atoms with Gasteiger partial charge in [-0.2, -0.15) is 0 Å². The average Bonchev–Trinajstić information content (AvgIpc) is 2.54. The van der Waals surface area contributed by atoms with E-state index in [1.165, 1.54) is 17.0 Å². The molecule has 0 aliphatic carbocycles. The number of nitrogens with zero attached hydrogens (tertiary/aromatic N) is 2. The minimum absolute atomic E-state index is 0.0860. The Kier molecular flexibility index (Phi) is 5.70. The maximum atomic E-state index is 12.1. The van der Waals surface area contributed by atoms with E-state index in [2.05, 4.69) is 15.9 Å². The second kappa shape index (κ2) is 7.73. The molecule has 0 bridgehead atoms. The van der Waals surface area contributed by atoms with Crippen LogP contribution in [0.3, 0.4) is 0 Å². The number of carbonyl (C=O) groups excluding carboxylic acids is 1. The number of nitro benzene ring substituents is 1. The van der Waals surface area contributed by atoms with Crippen molar-refractivity contribution < 1.29 is 14.5 Å². The van der Waals surface area contributed by atoms with Crippen molar-refractivity contribution in [2.45, 2.75) is 6.54 Å². The fraction of sp³-hybridized carbons (Fsp3) is 0.188. The molecular formula is C16H15BrN2O4. The van der Waals surface area contributed by atoms with E-state index in [0.717, 1.165) is 10.0 Å². The Hall–Kier alpha value is -2.41. The lowest BCUT2D eigenvalue weighted by Gasteiger charge is -2.17. The molecule has 1 amide bonds. The lowest BCUT2D eigenvalue weighted by molar-refractivity contribution is -0.385. The molecule has 7 heteroatoms. The smallest absolute Gasteiger partial charge is 0.310 e. The van der Waals surface area contributed by atoms with Crippen LogP contribution >= 0.6 is 15.9 Å². The highest BCUT2D eigenvalue weighted by atomic mass is 79.9. The molecule has 0 radical (unpaired) electrons. The molecule has 0 fully saturated rings. The second-order valence-corrected chi connectivity index (χ2v) is 5.81. The topological polar surface area (TPSA) is 72.7 Å². The number of nitro groups is 1. The van der Waals surface area contributed by atoms with Gasteiger partial charge in [-0.05, 0) is 23.8 Å². The van der Waals surface area contributed by atoms with Crippen LogP contribution in [-0.4, -0.2) is 29.4 Å². The first-order valence-electron chi connectivity index (χ1n) is 6.82. The molecule has 0 aliphatic heterocycles. The molecule has 2 aromatic rings. The van der Waals surface area contributed by atoms with Gasteiger partial charge >= 0.3 is 5.69 Å². The summed E-state index contributed by atoms with van der Waals surface area (Å²) in [5.74, 6) is -0.172. The first-order chi connectivity index (χ1) is 11.0. The van der Waals surface area contributed by atoms with E-state index in [-0.39, 0.29) is 24.0 Å². The summed E-state index contributed by atoms with van der Waals surface area (Å²) in [6.45, 7) is 0.185. The van der Waals surface area contributed by atoms with Crippen LogP contribution in [0.15, 0.2) is 53.0 Å². The zero-order valence-electron chi connectivity index (χ0n) is 12.4. The summed E-state index contributed by atoms with van der Waals surface area (Å²) in [6, 6.07) is 13.6. The van der Waals surface area contributed by atoms with Crippen LogP contribution in [0.1, 0.15) is 5.56 Å². The predicted octanol–water partition coefficient (Wildman–Crippen LogP) is 3.39. The highest BCUT2D eigenvalue weighted by Gasteiger charge is 2.16. The van der Waals surface area contributed by atoms with Crippen LogP contribution in [0.4, 0.5) is 5.69 Å². The molecule has 0 saturated heterocycles. The molecule has 0 aliphatic rings. The zero-order valence-corrected chi connectivity index (χ0v) is 14.0. The van der Waals surface area contributed by atoms with Crippen LogP contribution < -0.4 is 4.74 Å². The molecule has 0 spiro atoms. The molecule has 2 rings (SSSR count). The van der Waals surface area contributed by atoms with Gasteiger partial charge in [0.1, 0.15) is 0 Å². The summed E-state index contributed by atoms with van der Waals surface area (Å²) in [5, 5.41) is 10.9. The Morgan fingerprint density at radius 3 is 2.52 bits per heavy atom. The molecule has 0 saturated carbocycles. The van der Waals surface area contributed by atoms with Crippen LogP contribution in [0, 0.1) is 10.1 Å². The molecule has 120 valence electrons. The Morgan fingerprint density at radius 1 is 1.22 bits per heavy atom. The van der Waals surface area contributed by atoms with Crippen molar-refractivity contribution in [3.63, 3.8) is 0 Å². The first kappa shape index (κ1) is 17.0. The molecule has 0 aromatic heterocycles. The van der Waals surface area contributed by atoms with Crippen LogP contribution in [0.2, 0.25) is 0 Å². The first-order valence-corrected chi connectivity index (χ1v) is 7.61. The van der Waals surface area contributed by atoms with Crippen molar-refractivity contribution >= 4 is 27.5 Å². The molecule has 0 unspecified atom stereocenters. The number of hydrogen-bond donors (Lipinski definition) is 0. The van der Waals surface area contributed by atoms with Crippen molar-refractivity contribution in [3.8, 4) is 5.75 Å². The molecule has 23 heavy (non-hydrogen) atoms. The van der Waals surface area contributed by atoms with Gasteiger partial charge in [0.2, 0.25) is 0 Å². The molecule has 2 aromatic carbocycles. The second-order valence-electron chi connectivity index (χ2n) is 4.89. The van der Waals surface area contributed by atoms with Gasteiger partial charge < -0.3 is 9.64 Å². The standard InChI is InChI=1S/C16H15BrN2O4/c1-18(10-12-6-8-13(17)9-7-12)16(20)11-23-15-5-3-2-4-14(15)19(21)22/h2-9H,10-11H2,1H3. The number of para-hydroxylation sites is 2. The van der Waals surface area contributed by atoms with Gasteiger partial charge in [0.15, 0.2) is 12.4 Å². The van der Waals surface area contributed by atoms with E-state index in [9.17, 15) is 14.9 Å². The summed E-state index contributed by atoms with van der Waals surface area (Å²) < 4.78 is 6.27. The zero-order chi connectivity index (χ0) is 16.8. The largest absolute Gasteiger partial charge is 0.477 e. The Bertz CT molecular complexity index is 703. The summed E-state index contributed by atoms with van der Waals surface area (Å²) in [7, 11) is 1.66. The van der Waals surface area contributed by atoms with Gasteiger partial charge in [0.05, 0.1) is 4.92 Å². The third-order valence-corrected chi connectivity index (χ3v) is 3.70. The monoisotopic (exact) mass is 378 g/mol. The number of benzene rings is 2. The van der Waals surface area contributed by atoms with Gasteiger partial charge in [0, 0.05) is 24.1 Å². The van der Waals surface area contributed by atoms with Crippen LogP contribution in [0.25, 0.3) is 0 Å². The third kappa shape index (κ3) is 4.79. The normalized spacial score (nSPS) is 10.2. The Balaban J connectivity index is 1.94. The lowest BCUT2D eigenvalue weighted by Crippen LogP contribution is -2.31. The number of rotatable bonds is 6. The molecule has 0 atom stereocenters. The van der Waals surface area contributed by atoms with Crippen LogP contribution in [0.5, 0.6) is 5.75 Å². The molecule has 0 heterocycles. The van der Waals surface area contributed by atoms with Gasteiger partial charge in [-0.3, -0.25) is 14.9 Å². The minimum Gasteiger partial charge on any atom is -0.477 e. The molecule has 6 nitrogen and oxygen atoms in total. The van der Waals surface area contributed by atoms with Crippen molar-refractivity contribution in [1.82, 2.24) is 4.90 Å². The van der Waals surface area contributed by atoms with E-state index in [1.807, 2.05) is 24.3 Å². The van der Waals surface area contributed by atoms with Crippen molar-refractivity contribution in [2.75, 3.05) is 13.7 Å². The average molecular weight is 379 g/mol. The molecular weight excluding hydrogens is 364 g/mol. The minimum atomic E-state index is -0.536. The maximum Gasteiger partial charge on any atom is 0.310 e. The summed E-state index contributed by atoms with van der Waals surface area (Å²) in [6.07, 6.45) is 0. The quantitative estimate of drug-likeness (QED) is 0.570. The van der Waals surface area contributed by atoms with E-state index in [1.54, 1.807) is 19.2 Å². The fourth-order valence-corrected chi connectivity index (χ4v) is 2.20. The van der Waals surface area contributed by atoms with E-state index >= 15 is 0 Å². The van der Waals surface area contributed by atoms with Gasteiger partial charge in [0.25, 0.3) is 5.91 Å². The maximum absolute atomic E-state index is 12.1. The van der Waals surface area contributed by atoms with Crippen LogP contribution in [-0.2, 0) is 11.3 Å². The number of likely N-dealkylation sites (N-methyl/N-ethyl adjacent to an activating group) is 1. The third-order valence-electron chi connectivity index (χ3n) is 3.17. The summed E-state index contributed by atoms with van der Waals surface area (Å²) >= 11 is 3.35. The number of amides is 1. The highest BCUT2D eigenvalue weighted by molar-refractivity contribution is 9.10. The highest BCUT2D eigenvalue weighted by Crippen LogP contribution is 2.25. The van der Waals surface area contributed by atoms with Crippen molar-refractivity contribution in [3.05, 3.63) is 68.7 Å². The van der Waals surface area contributed by atoms with Gasteiger partial charge in [-0.25, -0.2) is 0 Å². The Labute approximate surface area is 142 Å². The number of ether oxygens (including phenoxy) is 1. The van der Waals surface area contributed by atoms with Gasteiger partial charge in [-0.15, -0.1) is 0 Å². The molecule has 0 N–H and O–H groups in total. The fourth-order valence-electron chi connectivity index (χ4n) is 1.93. The predicted molar refractivity (Wildman–Crippen MR) is 89.2 cm³/mol. The lowest BCUT2D eigenvalue weighted by atomic mass is 10.2. The SMILES string of the molecule is CN(Cc1ccc(Br)cc1)C(=O)COc1ccccc1[N+](=O)[O-].